The fraction of sp³-hybridized carbons (Fsp3) is 0.0667. The molecule has 4 rings (SSSR count). The van der Waals surface area contributed by atoms with Crippen LogP contribution in [0.25, 0.3) is 17.1 Å². The molecule has 0 atom stereocenters. The molecule has 23 heavy (non-hydrogen) atoms. The molecule has 0 aliphatic carbocycles. The molecule has 8 heteroatoms. The van der Waals surface area contributed by atoms with Crippen molar-refractivity contribution < 1.29 is 9.21 Å². The second-order valence-corrected chi connectivity index (χ2v) is 5.72. The predicted molar refractivity (Wildman–Crippen MR) is 85.5 cm³/mol. The number of nitrogens with one attached hydrogen (secondary N) is 1. The molecule has 1 N–H and O–H groups in total. The Morgan fingerprint density at radius 1 is 1.30 bits per heavy atom. The van der Waals surface area contributed by atoms with Gasteiger partial charge in [-0.25, -0.2) is 4.98 Å². The van der Waals surface area contributed by atoms with Crippen LogP contribution in [0, 0.1) is 6.92 Å². The zero-order chi connectivity index (χ0) is 15.8. The maximum atomic E-state index is 12.4. The predicted octanol–water partition coefficient (Wildman–Crippen LogP) is 3.01. The molecule has 0 bridgehead atoms. The number of rotatable bonds is 3. The third kappa shape index (κ3) is 2.49. The number of hydrogen-bond acceptors (Lipinski definition) is 6. The van der Waals surface area contributed by atoms with Crippen molar-refractivity contribution in [3.05, 3.63) is 53.5 Å². The molecule has 0 aliphatic rings. The molecular formula is C15H11N5O2S. The molecule has 4 aromatic rings. The van der Waals surface area contributed by atoms with Crippen molar-refractivity contribution in [2.24, 2.45) is 0 Å². The minimum Gasteiger partial charge on any atom is -0.463 e. The normalized spacial score (nSPS) is 11.0. The molecule has 4 aromatic heterocycles. The van der Waals surface area contributed by atoms with Crippen molar-refractivity contribution in [3.8, 4) is 11.5 Å². The standard InChI is InChI=1S/C15H11N5O2S/c1-9-18-19-13-5-4-10(7-20(9)13)14(21)17-15-16-11(8-23-15)12-3-2-6-22-12/h2-8H,1H3,(H,16,17,21). The number of aryl methyl sites for hydroxylation is 1. The average Bonchev–Trinajstić information content (AvgIpc) is 3.28. The zero-order valence-electron chi connectivity index (χ0n) is 12.1. The van der Waals surface area contributed by atoms with Crippen molar-refractivity contribution in [1.82, 2.24) is 19.6 Å². The number of fused-ring (bicyclic) bond motifs is 1. The molecule has 0 saturated heterocycles. The number of carbonyl (C=O) groups is 1. The molecular weight excluding hydrogens is 314 g/mol. The third-order valence-corrected chi connectivity index (χ3v) is 4.09. The van der Waals surface area contributed by atoms with Crippen molar-refractivity contribution in [2.45, 2.75) is 6.92 Å². The van der Waals surface area contributed by atoms with Gasteiger partial charge < -0.3 is 4.42 Å². The van der Waals surface area contributed by atoms with Crippen molar-refractivity contribution in [3.63, 3.8) is 0 Å². The number of nitrogens with zero attached hydrogens (tertiary/aromatic N) is 4. The fourth-order valence-electron chi connectivity index (χ4n) is 2.18. The van der Waals surface area contributed by atoms with E-state index in [4.69, 9.17) is 4.42 Å². The molecule has 0 saturated carbocycles. The van der Waals surface area contributed by atoms with Crippen molar-refractivity contribution in [1.29, 1.82) is 0 Å². The highest BCUT2D eigenvalue weighted by Crippen LogP contribution is 2.25. The second kappa shape index (κ2) is 5.33. The first kappa shape index (κ1) is 13.6. The maximum Gasteiger partial charge on any atom is 0.258 e. The Labute approximate surface area is 134 Å². The van der Waals surface area contributed by atoms with Gasteiger partial charge >= 0.3 is 0 Å². The van der Waals surface area contributed by atoms with Gasteiger partial charge in [0.1, 0.15) is 11.5 Å². The van der Waals surface area contributed by atoms with Crippen LogP contribution in [0.3, 0.4) is 0 Å². The van der Waals surface area contributed by atoms with Crippen LogP contribution < -0.4 is 5.32 Å². The molecule has 0 radical (unpaired) electrons. The molecule has 0 fully saturated rings. The number of pyridine rings is 1. The van der Waals surface area contributed by atoms with Crippen LogP contribution >= 0.6 is 11.3 Å². The minimum absolute atomic E-state index is 0.236. The SMILES string of the molecule is Cc1nnc2ccc(C(=O)Nc3nc(-c4ccco4)cs3)cn12. The van der Waals surface area contributed by atoms with Crippen LogP contribution in [0.1, 0.15) is 16.2 Å². The Morgan fingerprint density at radius 2 is 2.22 bits per heavy atom. The van der Waals surface area contributed by atoms with Gasteiger partial charge in [0, 0.05) is 11.6 Å². The molecule has 0 aliphatic heterocycles. The maximum absolute atomic E-state index is 12.4. The summed E-state index contributed by atoms with van der Waals surface area (Å²) in [7, 11) is 0. The van der Waals surface area contributed by atoms with Gasteiger partial charge in [-0.2, -0.15) is 0 Å². The monoisotopic (exact) mass is 325 g/mol. The number of furan rings is 1. The van der Waals surface area contributed by atoms with Gasteiger partial charge in [0.25, 0.3) is 5.91 Å². The van der Waals surface area contributed by atoms with Crippen LogP contribution in [0.2, 0.25) is 0 Å². The van der Waals surface area contributed by atoms with Crippen LogP contribution in [-0.2, 0) is 0 Å². The molecule has 7 nitrogen and oxygen atoms in total. The van der Waals surface area contributed by atoms with Gasteiger partial charge in [-0.1, -0.05) is 0 Å². The molecule has 1 amide bonds. The van der Waals surface area contributed by atoms with Gasteiger partial charge in [0.2, 0.25) is 0 Å². The highest BCUT2D eigenvalue weighted by molar-refractivity contribution is 7.14. The van der Waals surface area contributed by atoms with E-state index in [2.05, 4.69) is 20.5 Å². The van der Waals surface area contributed by atoms with E-state index < -0.39 is 0 Å². The topological polar surface area (TPSA) is 85.3 Å². The summed E-state index contributed by atoms with van der Waals surface area (Å²) < 4.78 is 7.06. The molecule has 0 spiro atoms. The van der Waals surface area contributed by atoms with E-state index in [1.807, 2.05) is 18.4 Å². The van der Waals surface area contributed by atoms with E-state index >= 15 is 0 Å². The van der Waals surface area contributed by atoms with Crippen LogP contribution in [0.15, 0.2) is 46.5 Å². The Hall–Kier alpha value is -3.00. The van der Waals surface area contributed by atoms with Gasteiger partial charge in [0.05, 0.1) is 11.8 Å². The van der Waals surface area contributed by atoms with Gasteiger partial charge in [0.15, 0.2) is 16.5 Å². The van der Waals surface area contributed by atoms with E-state index in [1.54, 1.807) is 35.1 Å². The first-order valence-electron chi connectivity index (χ1n) is 6.83. The van der Waals surface area contributed by atoms with E-state index in [-0.39, 0.29) is 5.91 Å². The number of carbonyl (C=O) groups excluding carboxylic acids is 1. The summed E-state index contributed by atoms with van der Waals surface area (Å²) in [5.74, 6) is 1.16. The summed E-state index contributed by atoms with van der Waals surface area (Å²) in [6.45, 7) is 1.83. The van der Waals surface area contributed by atoms with Gasteiger partial charge in [-0.3, -0.25) is 14.5 Å². The van der Waals surface area contributed by atoms with Gasteiger partial charge in [-0.05, 0) is 31.2 Å². The molecule has 4 heterocycles. The first-order valence-corrected chi connectivity index (χ1v) is 7.71. The number of aromatic nitrogens is 4. The summed E-state index contributed by atoms with van der Waals surface area (Å²) in [5.41, 5.74) is 1.91. The largest absolute Gasteiger partial charge is 0.463 e. The summed E-state index contributed by atoms with van der Waals surface area (Å²) in [5, 5.41) is 13.1. The van der Waals surface area contributed by atoms with Crippen LogP contribution in [0.4, 0.5) is 5.13 Å². The molecule has 0 aromatic carbocycles. The number of hydrogen-bond donors (Lipinski definition) is 1. The summed E-state index contributed by atoms with van der Waals surface area (Å²) in [4.78, 5) is 16.7. The molecule has 114 valence electrons. The Bertz CT molecular complexity index is 987. The zero-order valence-corrected chi connectivity index (χ0v) is 12.9. The first-order chi connectivity index (χ1) is 11.2. The lowest BCUT2D eigenvalue weighted by Crippen LogP contribution is -2.12. The van der Waals surface area contributed by atoms with E-state index in [9.17, 15) is 4.79 Å². The van der Waals surface area contributed by atoms with Crippen molar-refractivity contribution >= 4 is 28.0 Å². The minimum atomic E-state index is -0.236. The molecule has 0 unspecified atom stereocenters. The number of thiazole rings is 1. The van der Waals surface area contributed by atoms with Gasteiger partial charge in [-0.15, -0.1) is 21.5 Å². The lowest BCUT2D eigenvalue weighted by Gasteiger charge is -2.02. The lowest BCUT2D eigenvalue weighted by atomic mass is 10.2. The fourth-order valence-corrected chi connectivity index (χ4v) is 2.87. The quantitative estimate of drug-likeness (QED) is 0.626. The lowest BCUT2D eigenvalue weighted by molar-refractivity contribution is 0.102. The average molecular weight is 325 g/mol. The number of amides is 1. The number of anilines is 1. The Morgan fingerprint density at radius 3 is 3.04 bits per heavy atom. The van der Waals surface area contributed by atoms with E-state index in [1.165, 1.54) is 11.3 Å². The summed E-state index contributed by atoms with van der Waals surface area (Å²) in [6, 6.07) is 7.08. The van der Waals surface area contributed by atoms with E-state index in [0.29, 0.717) is 27.8 Å². The highest BCUT2D eigenvalue weighted by atomic mass is 32.1. The third-order valence-electron chi connectivity index (χ3n) is 3.33. The second-order valence-electron chi connectivity index (χ2n) is 4.86. The Kier molecular flexibility index (Phi) is 3.16. The van der Waals surface area contributed by atoms with Crippen LogP contribution in [-0.4, -0.2) is 25.5 Å². The Balaban J connectivity index is 1.58. The van der Waals surface area contributed by atoms with Crippen LogP contribution in [0.5, 0.6) is 0 Å². The summed E-state index contributed by atoms with van der Waals surface area (Å²) in [6.07, 6.45) is 3.30. The smallest absolute Gasteiger partial charge is 0.258 e. The highest BCUT2D eigenvalue weighted by Gasteiger charge is 2.12. The summed E-state index contributed by atoms with van der Waals surface area (Å²) >= 11 is 1.34. The van der Waals surface area contributed by atoms with Crippen molar-refractivity contribution in [2.75, 3.05) is 5.32 Å². The van der Waals surface area contributed by atoms with E-state index in [0.717, 1.165) is 5.82 Å².